The smallest absolute Gasteiger partial charge is 0.163 e. The van der Waals surface area contributed by atoms with Crippen LogP contribution in [-0.2, 0) is 13.0 Å². The van der Waals surface area contributed by atoms with Crippen LogP contribution in [0.1, 0.15) is 39.9 Å². The predicted octanol–water partition coefficient (Wildman–Crippen LogP) is 3.66. The normalized spacial score (nSPS) is 13.4. The van der Waals surface area contributed by atoms with E-state index in [1.807, 2.05) is 36.4 Å². The summed E-state index contributed by atoms with van der Waals surface area (Å²) in [6.45, 7) is 0.342. The topological polar surface area (TPSA) is 50.1 Å². The number of Topliss-reactive ketones (excluding diaryl/α,β-unsaturated/α-hetero) is 1. The van der Waals surface area contributed by atoms with Gasteiger partial charge in [-0.3, -0.25) is 4.79 Å². The van der Waals surface area contributed by atoms with Crippen molar-refractivity contribution in [1.29, 1.82) is 5.26 Å². The van der Waals surface area contributed by atoms with Gasteiger partial charge < -0.3 is 4.74 Å². The molecular formula is C18H15NO2. The van der Waals surface area contributed by atoms with E-state index in [9.17, 15) is 4.79 Å². The van der Waals surface area contributed by atoms with Crippen molar-refractivity contribution in [2.75, 3.05) is 0 Å². The monoisotopic (exact) mass is 277 g/mol. The van der Waals surface area contributed by atoms with Gasteiger partial charge in [0.1, 0.15) is 12.4 Å². The molecule has 3 nitrogen and oxygen atoms in total. The van der Waals surface area contributed by atoms with E-state index in [1.165, 1.54) is 0 Å². The quantitative estimate of drug-likeness (QED) is 0.860. The SMILES string of the molecule is N#Cc1ccccc1COc1cccc2c1CCCC2=O. The molecule has 0 unspecified atom stereocenters. The Bertz CT molecular complexity index is 728. The molecule has 0 aliphatic heterocycles. The molecule has 3 heteroatoms. The molecule has 0 fully saturated rings. The zero-order valence-electron chi connectivity index (χ0n) is 11.6. The molecule has 0 atom stereocenters. The highest BCUT2D eigenvalue weighted by atomic mass is 16.5. The van der Waals surface area contributed by atoms with Crippen molar-refractivity contribution in [3.05, 3.63) is 64.7 Å². The number of carbonyl (C=O) groups is 1. The Kier molecular flexibility index (Phi) is 3.70. The van der Waals surface area contributed by atoms with E-state index in [1.54, 1.807) is 6.07 Å². The van der Waals surface area contributed by atoms with Gasteiger partial charge in [0.15, 0.2) is 5.78 Å². The Balaban J connectivity index is 1.85. The fourth-order valence-corrected chi connectivity index (χ4v) is 2.69. The standard InChI is InChI=1S/C18H15NO2/c19-11-13-5-1-2-6-14(13)12-21-18-10-4-7-15-16(18)8-3-9-17(15)20/h1-2,4-7,10H,3,8-9,12H2. The Morgan fingerprint density at radius 3 is 2.81 bits per heavy atom. The van der Waals surface area contributed by atoms with Gasteiger partial charge in [-0.1, -0.05) is 30.3 Å². The van der Waals surface area contributed by atoms with Crippen molar-refractivity contribution in [2.45, 2.75) is 25.9 Å². The summed E-state index contributed by atoms with van der Waals surface area (Å²) in [5, 5.41) is 9.09. The van der Waals surface area contributed by atoms with Crippen molar-refractivity contribution in [3.8, 4) is 11.8 Å². The Morgan fingerprint density at radius 1 is 1.10 bits per heavy atom. The third-order valence-electron chi connectivity index (χ3n) is 3.79. The Hall–Kier alpha value is -2.60. The number of carbonyl (C=O) groups excluding carboxylic acids is 1. The van der Waals surface area contributed by atoms with Crippen LogP contribution in [0.15, 0.2) is 42.5 Å². The number of hydrogen-bond acceptors (Lipinski definition) is 3. The molecule has 21 heavy (non-hydrogen) atoms. The van der Waals surface area contributed by atoms with Gasteiger partial charge in [-0.15, -0.1) is 0 Å². The van der Waals surface area contributed by atoms with E-state index in [4.69, 9.17) is 10.00 Å². The first-order valence-electron chi connectivity index (χ1n) is 7.05. The highest BCUT2D eigenvalue weighted by molar-refractivity contribution is 5.99. The first-order valence-corrected chi connectivity index (χ1v) is 7.05. The molecule has 0 saturated carbocycles. The van der Waals surface area contributed by atoms with Crippen molar-refractivity contribution in [3.63, 3.8) is 0 Å². The molecule has 0 N–H and O–H groups in total. The van der Waals surface area contributed by atoms with Crippen LogP contribution >= 0.6 is 0 Å². The van der Waals surface area contributed by atoms with Crippen LogP contribution in [0.2, 0.25) is 0 Å². The summed E-state index contributed by atoms with van der Waals surface area (Å²) in [4.78, 5) is 11.9. The van der Waals surface area contributed by atoms with Crippen LogP contribution in [0.3, 0.4) is 0 Å². The number of nitrogens with zero attached hydrogens (tertiary/aromatic N) is 1. The second-order valence-electron chi connectivity index (χ2n) is 5.12. The molecule has 2 aromatic carbocycles. The largest absolute Gasteiger partial charge is 0.489 e. The van der Waals surface area contributed by atoms with Gasteiger partial charge in [0.2, 0.25) is 0 Å². The molecule has 0 spiro atoms. The van der Waals surface area contributed by atoms with Crippen LogP contribution in [0.4, 0.5) is 0 Å². The van der Waals surface area contributed by atoms with E-state index in [0.717, 1.165) is 35.3 Å². The Morgan fingerprint density at radius 2 is 1.95 bits per heavy atom. The Labute approximate surface area is 123 Å². The summed E-state index contributed by atoms with van der Waals surface area (Å²) in [7, 11) is 0. The van der Waals surface area contributed by atoms with E-state index in [2.05, 4.69) is 6.07 Å². The minimum Gasteiger partial charge on any atom is -0.489 e. The minimum atomic E-state index is 0.194. The maximum atomic E-state index is 11.9. The highest BCUT2D eigenvalue weighted by Gasteiger charge is 2.20. The number of benzene rings is 2. The number of nitriles is 1. The number of fused-ring (bicyclic) bond motifs is 1. The maximum Gasteiger partial charge on any atom is 0.163 e. The lowest BCUT2D eigenvalue weighted by atomic mass is 9.90. The van der Waals surface area contributed by atoms with E-state index < -0.39 is 0 Å². The number of ketones is 1. The van der Waals surface area contributed by atoms with Gasteiger partial charge in [-0.05, 0) is 25.0 Å². The molecule has 1 aliphatic carbocycles. The average Bonchev–Trinajstić information content (AvgIpc) is 2.53. The number of ether oxygens (including phenoxy) is 1. The molecule has 0 bridgehead atoms. The highest BCUT2D eigenvalue weighted by Crippen LogP contribution is 2.30. The minimum absolute atomic E-state index is 0.194. The van der Waals surface area contributed by atoms with Gasteiger partial charge in [0.05, 0.1) is 11.6 Å². The van der Waals surface area contributed by atoms with Gasteiger partial charge in [-0.25, -0.2) is 0 Å². The molecule has 3 rings (SSSR count). The van der Waals surface area contributed by atoms with E-state index >= 15 is 0 Å². The van der Waals surface area contributed by atoms with Crippen LogP contribution in [-0.4, -0.2) is 5.78 Å². The second-order valence-corrected chi connectivity index (χ2v) is 5.12. The number of rotatable bonds is 3. The fourth-order valence-electron chi connectivity index (χ4n) is 2.69. The first kappa shape index (κ1) is 13.4. The first-order chi connectivity index (χ1) is 10.3. The second kappa shape index (κ2) is 5.80. The van der Waals surface area contributed by atoms with E-state index in [0.29, 0.717) is 18.6 Å². The summed E-state index contributed by atoms with van der Waals surface area (Å²) >= 11 is 0. The number of hydrogen-bond donors (Lipinski definition) is 0. The molecule has 0 radical (unpaired) electrons. The van der Waals surface area contributed by atoms with Crippen molar-refractivity contribution in [1.82, 2.24) is 0 Å². The van der Waals surface area contributed by atoms with Crippen LogP contribution in [0.5, 0.6) is 5.75 Å². The van der Waals surface area contributed by atoms with Crippen LogP contribution in [0, 0.1) is 11.3 Å². The molecule has 104 valence electrons. The van der Waals surface area contributed by atoms with Crippen molar-refractivity contribution >= 4 is 5.78 Å². The maximum absolute atomic E-state index is 11.9. The van der Waals surface area contributed by atoms with Gasteiger partial charge in [0.25, 0.3) is 0 Å². The average molecular weight is 277 g/mol. The summed E-state index contributed by atoms with van der Waals surface area (Å²) in [5.74, 6) is 0.951. The van der Waals surface area contributed by atoms with Gasteiger partial charge in [-0.2, -0.15) is 5.26 Å². The molecule has 0 aromatic heterocycles. The predicted molar refractivity (Wildman–Crippen MR) is 79.2 cm³/mol. The van der Waals surface area contributed by atoms with Gasteiger partial charge >= 0.3 is 0 Å². The van der Waals surface area contributed by atoms with Crippen LogP contribution < -0.4 is 4.74 Å². The molecule has 1 aliphatic rings. The molecular weight excluding hydrogens is 262 g/mol. The van der Waals surface area contributed by atoms with Gasteiger partial charge in [0, 0.05) is 23.1 Å². The summed E-state index contributed by atoms with van der Waals surface area (Å²) < 4.78 is 5.88. The summed E-state index contributed by atoms with van der Waals surface area (Å²) in [6.07, 6.45) is 2.37. The third-order valence-corrected chi connectivity index (χ3v) is 3.79. The lowest BCUT2D eigenvalue weighted by Crippen LogP contribution is -2.12. The molecule has 2 aromatic rings. The molecule has 0 heterocycles. The molecule has 0 amide bonds. The van der Waals surface area contributed by atoms with Crippen molar-refractivity contribution in [2.24, 2.45) is 0 Å². The third kappa shape index (κ3) is 2.66. The summed E-state index contributed by atoms with van der Waals surface area (Å²) in [5.41, 5.74) is 3.27. The zero-order chi connectivity index (χ0) is 14.7. The fraction of sp³-hybridized carbons (Fsp3) is 0.222. The van der Waals surface area contributed by atoms with Crippen molar-refractivity contribution < 1.29 is 9.53 Å². The van der Waals surface area contributed by atoms with E-state index in [-0.39, 0.29) is 5.78 Å². The molecule has 0 saturated heterocycles. The lowest BCUT2D eigenvalue weighted by molar-refractivity contribution is 0.0971. The zero-order valence-corrected chi connectivity index (χ0v) is 11.6. The lowest BCUT2D eigenvalue weighted by Gasteiger charge is -2.18. The summed E-state index contributed by atoms with van der Waals surface area (Å²) in [6, 6.07) is 15.2. The van der Waals surface area contributed by atoms with Crippen LogP contribution in [0.25, 0.3) is 0 Å².